The SMILES string of the molecule is Nc1cccc(C2CCCCO2)n1.Nc1cccc(C2CCCCO2)n1.Nc1cccc([C@@H]2CCCCO2)n1. The summed E-state index contributed by atoms with van der Waals surface area (Å²) in [5.74, 6) is 1.73. The highest BCUT2D eigenvalue weighted by Gasteiger charge is 2.18. The number of anilines is 3. The fraction of sp³-hybridized carbons (Fsp3) is 0.500. The van der Waals surface area contributed by atoms with Crippen LogP contribution >= 0.6 is 0 Å². The molecule has 0 spiro atoms. The fourth-order valence-electron chi connectivity index (χ4n) is 4.87. The number of nitrogens with zero attached hydrogens (tertiary/aromatic N) is 3. The highest BCUT2D eigenvalue weighted by atomic mass is 16.5. The molecule has 0 radical (unpaired) electrons. The topological polar surface area (TPSA) is 144 Å². The summed E-state index contributed by atoms with van der Waals surface area (Å²) >= 11 is 0. The third kappa shape index (κ3) is 9.45. The van der Waals surface area contributed by atoms with Crippen LogP contribution in [0.15, 0.2) is 54.6 Å². The van der Waals surface area contributed by atoms with Crippen molar-refractivity contribution in [2.75, 3.05) is 37.0 Å². The van der Waals surface area contributed by atoms with Crippen molar-refractivity contribution in [2.45, 2.75) is 76.1 Å². The molecule has 6 N–H and O–H groups in total. The first-order valence-electron chi connectivity index (χ1n) is 14.1. The van der Waals surface area contributed by atoms with Crippen LogP contribution in [0.5, 0.6) is 0 Å². The summed E-state index contributed by atoms with van der Waals surface area (Å²) in [6.07, 6.45) is 10.9. The molecule has 0 bridgehead atoms. The van der Waals surface area contributed by atoms with Gasteiger partial charge in [-0.15, -0.1) is 0 Å². The van der Waals surface area contributed by atoms with E-state index in [0.717, 1.165) is 56.2 Å². The van der Waals surface area contributed by atoms with E-state index in [2.05, 4.69) is 15.0 Å². The van der Waals surface area contributed by atoms with Gasteiger partial charge in [-0.25, -0.2) is 15.0 Å². The second-order valence-electron chi connectivity index (χ2n) is 10.0. The van der Waals surface area contributed by atoms with Crippen LogP contribution in [0.4, 0.5) is 17.5 Å². The number of nitrogens with two attached hydrogens (primary N) is 3. The predicted molar refractivity (Wildman–Crippen MR) is 154 cm³/mol. The maximum absolute atomic E-state index is 5.60. The molecule has 2 unspecified atom stereocenters. The highest BCUT2D eigenvalue weighted by molar-refractivity contribution is 5.31. The number of aromatic nitrogens is 3. The van der Waals surface area contributed by atoms with Gasteiger partial charge in [0.2, 0.25) is 0 Å². The molecule has 0 amide bonds. The summed E-state index contributed by atoms with van der Waals surface area (Å²) in [5.41, 5.74) is 19.7. The number of ether oxygens (including phenoxy) is 3. The van der Waals surface area contributed by atoms with Crippen molar-refractivity contribution in [2.24, 2.45) is 0 Å². The van der Waals surface area contributed by atoms with Gasteiger partial charge in [0.05, 0.1) is 35.4 Å². The molecule has 3 saturated heterocycles. The van der Waals surface area contributed by atoms with Crippen LogP contribution in [0, 0.1) is 0 Å². The quantitative estimate of drug-likeness (QED) is 0.384. The van der Waals surface area contributed by atoms with E-state index in [9.17, 15) is 0 Å². The van der Waals surface area contributed by atoms with E-state index in [1.54, 1.807) is 18.2 Å². The lowest BCUT2D eigenvalue weighted by molar-refractivity contribution is 0.0123. The first-order chi connectivity index (χ1) is 19.1. The van der Waals surface area contributed by atoms with E-state index < -0.39 is 0 Å². The second-order valence-corrected chi connectivity index (χ2v) is 10.0. The molecule has 210 valence electrons. The van der Waals surface area contributed by atoms with Gasteiger partial charge in [-0.3, -0.25) is 0 Å². The summed E-state index contributed by atoms with van der Waals surface area (Å²) in [5, 5.41) is 0. The molecule has 9 nitrogen and oxygen atoms in total. The minimum Gasteiger partial charge on any atom is -0.384 e. The van der Waals surface area contributed by atoms with Gasteiger partial charge in [0.25, 0.3) is 0 Å². The van der Waals surface area contributed by atoms with Crippen LogP contribution in [0.3, 0.4) is 0 Å². The Morgan fingerprint density at radius 3 is 1.00 bits per heavy atom. The smallest absolute Gasteiger partial charge is 0.123 e. The minimum absolute atomic E-state index is 0.164. The monoisotopic (exact) mass is 534 g/mol. The molecule has 0 aliphatic carbocycles. The molecule has 6 rings (SSSR count). The maximum Gasteiger partial charge on any atom is 0.123 e. The van der Waals surface area contributed by atoms with Crippen molar-refractivity contribution in [3.05, 3.63) is 71.7 Å². The lowest BCUT2D eigenvalue weighted by Crippen LogP contribution is -2.13. The molecule has 3 aliphatic heterocycles. The van der Waals surface area contributed by atoms with Crippen molar-refractivity contribution < 1.29 is 14.2 Å². The Kier molecular flexibility index (Phi) is 11.3. The van der Waals surface area contributed by atoms with Crippen molar-refractivity contribution in [1.29, 1.82) is 0 Å². The Morgan fingerprint density at radius 1 is 0.462 bits per heavy atom. The molecule has 3 aromatic heterocycles. The molecule has 3 aromatic rings. The predicted octanol–water partition coefficient (Wildman–Crippen LogP) is 5.72. The number of hydrogen-bond acceptors (Lipinski definition) is 9. The lowest BCUT2D eigenvalue weighted by Gasteiger charge is -2.21. The minimum atomic E-state index is 0.164. The molecular weight excluding hydrogens is 492 g/mol. The third-order valence-electron chi connectivity index (χ3n) is 6.91. The van der Waals surface area contributed by atoms with Crippen molar-refractivity contribution in [1.82, 2.24) is 15.0 Å². The summed E-state index contributed by atoms with van der Waals surface area (Å²) in [4.78, 5) is 12.7. The molecule has 6 heterocycles. The molecule has 0 aromatic carbocycles. The van der Waals surface area contributed by atoms with Crippen LogP contribution in [-0.2, 0) is 14.2 Å². The largest absolute Gasteiger partial charge is 0.384 e. The van der Waals surface area contributed by atoms with E-state index in [-0.39, 0.29) is 18.3 Å². The van der Waals surface area contributed by atoms with Crippen LogP contribution in [-0.4, -0.2) is 34.8 Å². The average molecular weight is 535 g/mol. The zero-order valence-electron chi connectivity index (χ0n) is 22.7. The van der Waals surface area contributed by atoms with Gasteiger partial charge in [0.1, 0.15) is 17.5 Å². The van der Waals surface area contributed by atoms with Crippen molar-refractivity contribution in [3.8, 4) is 0 Å². The third-order valence-corrected chi connectivity index (χ3v) is 6.91. The number of rotatable bonds is 3. The van der Waals surface area contributed by atoms with Crippen LogP contribution in [0.1, 0.15) is 93.2 Å². The first-order valence-corrected chi connectivity index (χ1v) is 14.1. The molecular formula is C30H42N6O3. The molecule has 0 saturated carbocycles. The molecule has 39 heavy (non-hydrogen) atoms. The van der Waals surface area contributed by atoms with E-state index in [1.807, 2.05) is 36.4 Å². The zero-order chi connectivity index (χ0) is 27.3. The van der Waals surface area contributed by atoms with Gasteiger partial charge in [-0.2, -0.15) is 0 Å². The molecule has 9 heteroatoms. The number of nitrogen functional groups attached to an aromatic ring is 3. The Labute approximate surface area is 231 Å². The van der Waals surface area contributed by atoms with E-state index in [0.29, 0.717) is 17.5 Å². The van der Waals surface area contributed by atoms with Crippen LogP contribution in [0.2, 0.25) is 0 Å². The van der Waals surface area contributed by atoms with Gasteiger partial charge < -0.3 is 31.4 Å². The van der Waals surface area contributed by atoms with Crippen molar-refractivity contribution >= 4 is 17.5 Å². The number of hydrogen-bond donors (Lipinski definition) is 3. The first kappa shape index (κ1) is 28.7. The maximum atomic E-state index is 5.60. The summed E-state index contributed by atoms with van der Waals surface area (Å²) in [7, 11) is 0. The van der Waals surface area contributed by atoms with E-state index in [4.69, 9.17) is 31.4 Å². The summed E-state index contributed by atoms with van der Waals surface area (Å²) in [6.45, 7) is 2.55. The summed E-state index contributed by atoms with van der Waals surface area (Å²) < 4.78 is 16.8. The average Bonchev–Trinajstić information content (AvgIpc) is 2.99. The zero-order valence-corrected chi connectivity index (χ0v) is 22.7. The molecule has 3 fully saturated rings. The normalized spacial score (nSPS) is 22.9. The van der Waals surface area contributed by atoms with Crippen LogP contribution in [0.25, 0.3) is 0 Å². The van der Waals surface area contributed by atoms with Gasteiger partial charge in [-0.1, -0.05) is 18.2 Å². The Hall–Kier alpha value is -3.27. The fourth-order valence-corrected chi connectivity index (χ4v) is 4.87. The standard InChI is InChI=1S/3C10H14N2O/c3*11-10-6-3-4-8(12-10)9-5-1-2-7-13-9/h3*3-4,6,9H,1-2,5,7H2,(H2,11,12)/t9-;;/m0../s1. The Morgan fingerprint density at radius 2 is 0.769 bits per heavy atom. The Bertz CT molecular complexity index is 987. The van der Waals surface area contributed by atoms with Gasteiger partial charge >= 0.3 is 0 Å². The van der Waals surface area contributed by atoms with Gasteiger partial charge in [0, 0.05) is 19.8 Å². The molecule has 3 atom stereocenters. The number of pyridine rings is 3. The van der Waals surface area contributed by atoms with Gasteiger partial charge in [-0.05, 0) is 94.2 Å². The highest BCUT2D eigenvalue weighted by Crippen LogP contribution is 2.28. The second kappa shape index (κ2) is 15.4. The Balaban J connectivity index is 0.000000136. The van der Waals surface area contributed by atoms with Crippen molar-refractivity contribution in [3.63, 3.8) is 0 Å². The van der Waals surface area contributed by atoms with Crippen LogP contribution < -0.4 is 17.2 Å². The van der Waals surface area contributed by atoms with E-state index in [1.165, 1.54) is 38.5 Å². The summed E-state index contributed by atoms with van der Waals surface area (Å²) in [6, 6.07) is 17.1. The molecule has 3 aliphatic rings. The lowest BCUT2D eigenvalue weighted by atomic mass is 10.1. The van der Waals surface area contributed by atoms with Gasteiger partial charge in [0.15, 0.2) is 0 Å². The van der Waals surface area contributed by atoms with E-state index >= 15 is 0 Å².